The van der Waals surface area contributed by atoms with Crippen LogP contribution < -0.4 is 15.5 Å². The fraction of sp³-hybridized carbons (Fsp3) is 0.208. The van der Waals surface area contributed by atoms with Crippen LogP contribution in [0.15, 0.2) is 57.7 Å². The average Bonchev–Trinajstić information content (AvgIpc) is 3.54. The molecule has 0 saturated heterocycles. The highest BCUT2D eigenvalue weighted by molar-refractivity contribution is 6.32. The second kappa shape index (κ2) is 8.16. The lowest BCUT2D eigenvalue weighted by molar-refractivity contribution is -0.115. The van der Waals surface area contributed by atoms with Gasteiger partial charge >= 0.3 is 0 Å². The number of methoxy groups -OCH3 is 1. The predicted molar refractivity (Wildman–Crippen MR) is 122 cm³/mol. The van der Waals surface area contributed by atoms with Gasteiger partial charge in [0.25, 0.3) is 0 Å². The molecule has 2 heterocycles. The van der Waals surface area contributed by atoms with Crippen molar-refractivity contribution >= 4 is 34.3 Å². The Labute approximate surface area is 188 Å². The molecule has 162 valence electrons. The predicted octanol–water partition coefficient (Wildman–Crippen LogP) is 4.90. The van der Waals surface area contributed by atoms with Crippen molar-refractivity contribution in [2.75, 3.05) is 12.4 Å². The van der Waals surface area contributed by atoms with Crippen LogP contribution in [0.5, 0.6) is 5.75 Å². The van der Waals surface area contributed by atoms with Gasteiger partial charge in [-0.3, -0.25) is 14.7 Å². The van der Waals surface area contributed by atoms with Gasteiger partial charge in [0, 0.05) is 40.4 Å². The van der Waals surface area contributed by atoms with E-state index in [9.17, 15) is 9.59 Å². The third kappa shape index (κ3) is 4.11. The number of rotatable bonds is 6. The maximum Gasteiger partial charge on any atom is 0.230 e. The zero-order chi connectivity index (χ0) is 22.2. The minimum atomic E-state index is -0.265. The summed E-state index contributed by atoms with van der Waals surface area (Å²) in [6.07, 6.45) is 2.30. The molecular weight excluding hydrogens is 430 g/mol. The smallest absolute Gasteiger partial charge is 0.230 e. The summed E-state index contributed by atoms with van der Waals surface area (Å²) in [6.45, 7) is 0. The van der Waals surface area contributed by atoms with Gasteiger partial charge in [-0.15, -0.1) is 0 Å². The number of halogens is 1. The molecule has 1 aliphatic rings. The van der Waals surface area contributed by atoms with Crippen molar-refractivity contribution in [3.8, 4) is 17.1 Å². The second-order valence-electron chi connectivity index (χ2n) is 7.85. The number of hydrogen-bond acceptors (Lipinski definition) is 5. The third-order valence-electron chi connectivity index (χ3n) is 5.50. The Morgan fingerprint density at radius 1 is 1.22 bits per heavy atom. The molecule has 0 bridgehead atoms. The Hall–Kier alpha value is -3.58. The van der Waals surface area contributed by atoms with Gasteiger partial charge in [0.05, 0.1) is 18.9 Å². The highest BCUT2D eigenvalue weighted by atomic mass is 35.5. The number of hydrogen-bond donors (Lipinski definition) is 2. The lowest BCUT2D eigenvalue weighted by Gasteiger charge is -2.08. The number of H-pyrrole nitrogens is 1. The Morgan fingerprint density at radius 2 is 2.00 bits per heavy atom. The number of nitrogens with zero attached hydrogens (tertiary/aromatic N) is 1. The average molecular weight is 450 g/mol. The summed E-state index contributed by atoms with van der Waals surface area (Å²) in [6, 6.07) is 13.7. The number of ether oxygens (including phenoxy) is 1. The number of amides is 1. The molecule has 1 saturated carbocycles. The lowest BCUT2D eigenvalue weighted by atomic mass is 10.1. The van der Waals surface area contributed by atoms with Gasteiger partial charge in [0.1, 0.15) is 17.1 Å². The summed E-state index contributed by atoms with van der Waals surface area (Å²) >= 11 is 6.41. The number of carbonyl (C=O) groups excluding carboxylic acids is 1. The summed E-state index contributed by atoms with van der Waals surface area (Å²) in [5.41, 5.74) is 2.47. The zero-order valence-electron chi connectivity index (χ0n) is 17.3. The molecule has 2 aromatic carbocycles. The molecule has 1 aliphatic carbocycles. The number of nitrogens with one attached hydrogen (secondary N) is 2. The molecule has 1 fully saturated rings. The van der Waals surface area contributed by atoms with Gasteiger partial charge in [0.2, 0.25) is 5.91 Å². The molecule has 0 atom stereocenters. The second-order valence-corrected chi connectivity index (χ2v) is 8.26. The number of anilines is 1. The van der Waals surface area contributed by atoms with Crippen LogP contribution in [-0.4, -0.2) is 23.2 Å². The molecule has 5 rings (SSSR count). The van der Waals surface area contributed by atoms with Crippen molar-refractivity contribution < 1.29 is 13.9 Å². The third-order valence-corrected chi connectivity index (χ3v) is 5.86. The Bertz CT molecular complexity index is 1370. The highest BCUT2D eigenvalue weighted by Crippen LogP contribution is 2.39. The number of carbonyl (C=O) groups is 1. The first-order chi connectivity index (χ1) is 15.5. The van der Waals surface area contributed by atoms with Crippen molar-refractivity contribution in [3.05, 3.63) is 75.0 Å². The molecule has 7 nitrogen and oxygen atoms in total. The van der Waals surface area contributed by atoms with E-state index in [1.54, 1.807) is 31.4 Å². The van der Waals surface area contributed by atoms with Gasteiger partial charge in [-0.25, -0.2) is 0 Å². The molecule has 0 unspecified atom stereocenters. The number of aromatic nitrogens is 2. The fourth-order valence-electron chi connectivity index (χ4n) is 3.62. The van der Waals surface area contributed by atoms with E-state index in [0.29, 0.717) is 44.8 Å². The van der Waals surface area contributed by atoms with Gasteiger partial charge in [-0.2, -0.15) is 5.10 Å². The standard InChI is InChI=1S/C24H20ClN3O4/c1-31-16-6-4-14(5-7-16)21-12-20(29)17-8-15(18(25)10-22(17)32-21)9-24(30)26-23-11-19(27-28-23)13-2-3-13/h4-8,10-13H,2-3,9H2,1H3,(H2,26,27,28,30). The minimum Gasteiger partial charge on any atom is -0.497 e. The molecule has 8 heteroatoms. The Morgan fingerprint density at radius 3 is 2.72 bits per heavy atom. The van der Waals surface area contributed by atoms with Gasteiger partial charge < -0.3 is 14.5 Å². The number of benzene rings is 2. The van der Waals surface area contributed by atoms with Crippen LogP contribution in [0.1, 0.15) is 30.0 Å². The van der Waals surface area contributed by atoms with Crippen LogP contribution in [0, 0.1) is 0 Å². The Kier molecular flexibility index (Phi) is 5.19. The lowest BCUT2D eigenvalue weighted by Crippen LogP contribution is -2.15. The first-order valence-electron chi connectivity index (χ1n) is 10.3. The quantitative estimate of drug-likeness (QED) is 0.436. The molecule has 2 N–H and O–H groups in total. The Balaban J connectivity index is 1.39. The van der Waals surface area contributed by atoms with E-state index in [0.717, 1.165) is 24.1 Å². The summed E-state index contributed by atoms with van der Waals surface area (Å²) in [7, 11) is 1.59. The summed E-state index contributed by atoms with van der Waals surface area (Å²) in [5.74, 6) is 1.88. The molecule has 0 radical (unpaired) electrons. The van der Waals surface area contributed by atoms with Crippen LogP contribution in [0.4, 0.5) is 5.82 Å². The molecule has 2 aromatic heterocycles. The maximum atomic E-state index is 12.8. The number of aromatic amines is 1. The SMILES string of the molecule is COc1ccc(-c2cc(=O)c3cc(CC(=O)Nc4cc(C5CC5)[nH]n4)c(Cl)cc3o2)cc1. The summed E-state index contributed by atoms with van der Waals surface area (Å²) in [4.78, 5) is 25.3. The van der Waals surface area contributed by atoms with Crippen LogP contribution in [0.25, 0.3) is 22.3 Å². The van der Waals surface area contributed by atoms with E-state index in [2.05, 4.69) is 15.5 Å². The van der Waals surface area contributed by atoms with Crippen LogP contribution in [0.3, 0.4) is 0 Å². The monoisotopic (exact) mass is 449 g/mol. The van der Waals surface area contributed by atoms with Crippen molar-refractivity contribution in [2.45, 2.75) is 25.2 Å². The molecule has 4 aromatic rings. The molecular formula is C24H20ClN3O4. The van der Waals surface area contributed by atoms with E-state index in [1.165, 1.54) is 6.07 Å². The topological polar surface area (TPSA) is 97.2 Å². The van der Waals surface area contributed by atoms with Crippen LogP contribution in [0.2, 0.25) is 5.02 Å². The fourth-order valence-corrected chi connectivity index (χ4v) is 3.84. The van der Waals surface area contributed by atoms with Crippen molar-refractivity contribution in [2.24, 2.45) is 0 Å². The van der Waals surface area contributed by atoms with Crippen LogP contribution in [-0.2, 0) is 11.2 Å². The molecule has 1 amide bonds. The largest absolute Gasteiger partial charge is 0.497 e. The van der Waals surface area contributed by atoms with Crippen LogP contribution >= 0.6 is 11.6 Å². The molecule has 0 spiro atoms. The summed E-state index contributed by atoms with van der Waals surface area (Å²) in [5, 5.41) is 10.6. The minimum absolute atomic E-state index is 0.0140. The first-order valence-corrected chi connectivity index (χ1v) is 10.6. The van der Waals surface area contributed by atoms with E-state index in [-0.39, 0.29) is 17.8 Å². The zero-order valence-corrected chi connectivity index (χ0v) is 18.0. The molecule has 32 heavy (non-hydrogen) atoms. The van der Waals surface area contributed by atoms with Crippen molar-refractivity contribution in [1.29, 1.82) is 0 Å². The summed E-state index contributed by atoms with van der Waals surface area (Å²) < 4.78 is 11.1. The van der Waals surface area contributed by atoms with Crippen molar-refractivity contribution in [1.82, 2.24) is 10.2 Å². The normalized spacial score (nSPS) is 13.3. The number of fused-ring (bicyclic) bond motifs is 1. The van der Waals surface area contributed by atoms with E-state index in [4.69, 9.17) is 20.8 Å². The maximum absolute atomic E-state index is 12.8. The molecule has 0 aliphatic heterocycles. The van der Waals surface area contributed by atoms with E-state index >= 15 is 0 Å². The highest BCUT2D eigenvalue weighted by Gasteiger charge is 2.25. The van der Waals surface area contributed by atoms with Gasteiger partial charge in [0.15, 0.2) is 11.2 Å². The van der Waals surface area contributed by atoms with E-state index in [1.807, 2.05) is 18.2 Å². The van der Waals surface area contributed by atoms with Crippen molar-refractivity contribution in [3.63, 3.8) is 0 Å². The van der Waals surface area contributed by atoms with Gasteiger partial charge in [-0.05, 0) is 48.7 Å². The van der Waals surface area contributed by atoms with Gasteiger partial charge in [-0.1, -0.05) is 11.6 Å². The van der Waals surface area contributed by atoms with E-state index < -0.39 is 0 Å². The first kappa shape index (κ1) is 20.3.